The van der Waals surface area contributed by atoms with Gasteiger partial charge in [-0.1, -0.05) is 18.2 Å². The number of methoxy groups -OCH3 is 2. The molecule has 2 rings (SSSR count). The van der Waals surface area contributed by atoms with Gasteiger partial charge in [0.15, 0.2) is 0 Å². The van der Waals surface area contributed by atoms with Crippen molar-refractivity contribution in [2.45, 2.75) is 0 Å². The van der Waals surface area contributed by atoms with Gasteiger partial charge in [-0.25, -0.2) is 9.59 Å². The second-order valence-electron chi connectivity index (χ2n) is 4.78. The first kappa shape index (κ1) is 17.1. The number of urea groups is 1. The van der Waals surface area contributed by atoms with E-state index in [9.17, 15) is 9.59 Å². The van der Waals surface area contributed by atoms with Crippen LogP contribution in [0.3, 0.4) is 0 Å². The lowest BCUT2D eigenvalue weighted by atomic mass is 10.2. The van der Waals surface area contributed by atoms with Crippen LogP contribution in [0.5, 0.6) is 5.75 Å². The topological polar surface area (TPSA) is 76.7 Å². The predicted molar refractivity (Wildman–Crippen MR) is 92.0 cm³/mol. The smallest absolute Gasteiger partial charge is 0.337 e. The maximum Gasteiger partial charge on any atom is 0.337 e. The van der Waals surface area contributed by atoms with Crippen LogP contribution in [-0.2, 0) is 4.74 Å². The zero-order valence-corrected chi connectivity index (χ0v) is 13.4. The molecule has 2 aromatic carbocycles. The van der Waals surface area contributed by atoms with Crippen LogP contribution in [0.2, 0.25) is 0 Å². The summed E-state index contributed by atoms with van der Waals surface area (Å²) in [5, 5.41) is 5.23. The van der Waals surface area contributed by atoms with E-state index >= 15 is 0 Å². The SMILES string of the molecule is COC(=O)c1cccc(NC(=O)N/C=C/c2cccc(OC)c2)c1. The Morgan fingerprint density at radius 2 is 1.83 bits per heavy atom. The molecule has 0 spiro atoms. The van der Waals surface area contributed by atoms with Gasteiger partial charge in [0.05, 0.1) is 19.8 Å². The molecule has 2 amide bonds. The van der Waals surface area contributed by atoms with E-state index in [1.54, 1.807) is 31.4 Å². The van der Waals surface area contributed by atoms with Crippen LogP contribution in [0.4, 0.5) is 10.5 Å². The van der Waals surface area contributed by atoms with E-state index in [-0.39, 0.29) is 0 Å². The normalized spacial score (nSPS) is 10.2. The van der Waals surface area contributed by atoms with Crippen molar-refractivity contribution in [3.05, 3.63) is 65.9 Å². The summed E-state index contributed by atoms with van der Waals surface area (Å²) in [6, 6.07) is 13.5. The number of nitrogens with one attached hydrogen (secondary N) is 2. The number of esters is 1. The van der Waals surface area contributed by atoms with Gasteiger partial charge >= 0.3 is 12.0 Å². The Kier molecular flexibility index (Phi) is 5.96. The molecule has 0 saturated heterocycles. The largest absolute Gasteiger partial charge is 0.497 e. The van der Waals surface area contributed by atoms with Gasteiger partial charge < -0.3 is 20.1 Å². The van der Waals surface area contributed by atoms with Crippen LogP contribution in [0, 0.1) is 0 Å². The zero-order valence-electron chi connectivity index (χ0n) is 13.4. The fraction of sp³-hybridized carbons (Fsp3) is 0.111. The Balaban J connectivity index is 1.93. The zero-order chi connectivity index (χ0) is 17.4. The summed E-state index contributed by atoms with van der Waals surface area (Å²) >= 11 is 0. The molecule has 0 heterocycles. The first-order chi connectivity index (χ1) is 11.6. The lowest BCUT2D eigenvalue weighted by Crippen LogP contribution is -2.23. The molecule has 0 aliphatic carbocycles. The molecule has 124 valence electrons. The van der Waals surface area contributed by atoms with Crippen molar-refractivity contribution in [1.29, 1.82) is 0 Å². The third kappa shape index (κ3) is 4.88. The molecule has 0 fully saturated rings. The fourth-order valence-electron chi connectivity index (χ4n) is 1.97. The highest BCUT2D eigenvalue weighted by Gasteiger charge is 2.06. The van der Waals surface area contributed by atoms with Gasteiger partial charge in [-0.3, -0.25) is 0 Å². The molecule has 0 aliphatic rings. The van der Waals surface area contributed by atoms with Crippen molar-refractivity contribution in [2.24, 2.45) is 0 Å². The Bertz CT molecular complexity index is 756. The Morgan fingerprint density at radius 3 is 2.58 bits per heavy atom. The molecule has 0 bridgehead atoms. The van der Waals surface area contributed by atoms with Crippen LogP contribution >= 0.6 is 0 Å². The third-order valence-electron chi connectivity index (χ3n) is 3.13. The van der Waals surface area contributed by atoms with Crippen molar-refractivity contribution in [2.75, 3.05) is 19.5 Å². The van der Waals surface area contributed by atoms with Crippen molar-refractivity contribution in [3.63, 3.8) is 0 Å². The summed E-state index contributed by atoms with van der Waals surface area (Å²) in [7, 11) is 2.90. The molecule has 0 aliphatic heterocycles. The number of amides is 2. The number of rotatable bonds is 5. The number of anilines is 1. The van der Waals surface area contributed by atoms with Gasteiger partial charge in [0.25, 0.3) is 0 Å². The monoisotopic (exact) mass is 326 g/mol. The Hall–Kier alpha value is -3.28. The maximum absolute atomic E-state index is 11.9. The molecular formula is C18H18N2O4. The minimum Gasteiger partial charge on any atom is -0.497 e. The number of hydrogen-bond donors (Lipinski definition) is 2. The van der Waals surface area contributed by atoms with Crippen LogP contribution in [-0.4, -0.2) is 26.2 Å². The van der Waals surface area contributed by atoms with E-state index in [0.717, 1.165) is 11.3 Å². The molecule has 0 radical (unpaired) electrons. The van der Waals surface area contributed by atoms with Gasteiger partial charge in [-0.05, 0) is 42.0 Å². The number of benzene rings is 2. The predicted octanol–water partition coefficient (Wildman–Crippen LogP) is 3.27. The molecule has 6 heteroatoms. The standard InChI is InChI=1S/C18H18N2O4/c1-23-16-8-3-5-13(11-16)9-10-19-18(22)20-15-7-4-6-14(12-15)17(21)24-2/h3-12H,1-2H3,(H2,19,20,22)/b10-9+. The lowest BCUT2D eigenvalue weighted by molar-refractivity contribution is 0.0600. The maximum atomic E-state index is 11.9. The molecule has 0 saturated carbocycles. The lowest BCUT2D eigenvalue weighted by Gasteiger charge is -2.06. The Morgan fingerprint density at radius 1 is 1.04 bits per heavy atom. The van der Waals surface area contributed by atoms with Crippen LogP contribution in [0.1, 0.15) is 15.9 Å². The molecule has 6 nitrogen and oxygen atoms in total. The minimum absolute atomic E-state index is 0.363. The average molecular weight is 326 g/mol. The van der Waals surface area contributed by atoms with Gasteiger partial charge in [0.1, 0.15) is 5.75 Å². The highest BCUT2D eigenvalue weighted by molar-refractivity contribution is 5.94. The summed E-state index contributed by atoms with van der Waals surface area (Å²) in [6.45, 7) is 0. The number of carbonyl (C=O) groups is 2. The van der Waals surface area contributed by atoms with E-state index in [2.05, 4.69) is 15.4 Å². The average Bonchev–Trinajstić information content (AvgIpc) is 2.61. The Labute approximate surface area is 140 Å². The molecule has 0 atom stereocenters. The number of carbonyl (C=O) groups excluding carboxylic acids is 2. The van der Waals surface area contributed by atoms with Crippen molar-refractivity contribution >= 4 is 23.8 Å². The summed E-state index contributed by atoms with van der Waals surface area (Å²) in [5.74, 6) is 0.276. The summed E-state index contributed by atoms with van der Waals surface area (Å²) < 4.78 is 9.77. The number of ether oxygens (including phenoxy) is 2. The number of hydrogen-bond acceptors (Lipinski definition) is 4. The first-order valence-electron chi connectivity index (χ1n) is 7.19. The quantitative estimate of drug-likeness (QED) is 0.827. The summed E-state index contributed by atoms with van der Waals surface area (Å²) in [6.07, 6.45) is 3.27. The molecule has 2 N–H and O–H groups in total. The van der Waals surface area contributed by atoms with E-state index < -0.39 is 12.0 Å². The second kappa shape index (κ2) is 8.38. The van der Waals surface area contributed by atoms with Crippen molar-refractivity contribution < 1.29 is 19.1 Å². The fourth-order valence-corrected chi connectivity index (χ4v) is 1.97. The van der Waals surface area contributed by atoms with Crippen LogP contribution < -0.4 is 15.4 Å². The van der Waals surface area contributed by atoms with Crippen LogP contribution in [0.25, 0.3) is 6.08 Å². The third-order valence-corrected chi connectivity index (χ3v) is 3.13. The molecular weight excluding hydrogens is 308 g/mol. The molecule has 0 unspecified atom stereocenters. The van der Waals surface area contributed by atoms with Gasteiger partial charge in [-0.2, -0.15) is 0 Å². The van der Waals surface area contributed by atoms with E-state index in [1.807, 2.05) is 24.3 Å². The van der Waals surface area contributed by atoms with Crippen LogP contribution in [0.15, 0.2) is 54.7 Å². The molecule has 0 aromatic heterocycles. The first-order valence-corrected chi connectivity index (χ1v) is 7.19. The van der Waals surface area contributed by atoms with Gasteiger partial charge in [0, 0.05) is 11.9 Å². The molecule has 2 aromatic rings. The second-order valence-corrected chi connectivity index (χ2v) is 4.78. The van der Waals surface area contributed by atoms with E-state index in [1.165, 1.54) is 19.4 Å². The van der Waals surface area contributed by atoms with Gasteiger partial charge in [0.2, 0.25) is 0 Å². The van der Waals surface area contributed by atoms with Crippen molar-refractivity contribution in [3.8, 4) is 5.75 Å². The van der Waals surface area contributed by atoms with Gasteiger partial charge in [-0.15, -0.1) is 0 Å². The minimum atomic E-state index is -0.461. The van der Waals surface area contributed by atoms with Crippen molar-refractivity contribution in [1.82, 2.24) is 5.32 Å². The summed E-state index contributed by atoms with van der Waals surface area (Å²) in [5.41, 5.74) is 1.75. The van der Waals surface area contributed by atoms with E-state index in [0.29, 0.717) is 11.3 Å². The van der Waals surface area contributed by atoms with E-state index in [4.69, 9.17) is 4.74 Å². The highest BCUT2D eigenvalue weighted by atomic mass is 16.5. The molecule has 24 heavy (non-hydrogen) atoms. The summed E-state index contributed by atoms with van der Waals surface area (Å²) in [4.78, 5) is 23.3. The highest BCUT2D eigenvalue weighted by Crippen LogP contribution is 2.13.